The number of hydrogen-bond donors (Lipinski definition) is 1. The number of likely N-dealkylation sites (tertiary alicyclic amines) is 1. The molecule has 0 aliphatic carbocycles. The number of benzene rings is 1. The number of nitrogens with zero attached hydrogens (tertiary/aromatic N) is 2. The van der Waals surface area contributed by atoms with Crippen molar-refractivity contribution in [3.63, 3.8) is 0 Å². The van der Waals surface area contributed by atoms with Crippen molar-refractivity contribution in [1.82, 2.24) is 10.2 Å². The molecule has 4 heteroatoms. The highest BCUT2D eigenvalue weighted by atomic mass is 16.5. The van der Waals surface area contributed by atoms with Gasteiger partial charge in [0.15, 0.2) is 5.96 Å². The molecule has 1 N–H and O–H groups in total. The van der Waals surface area contributed by atoms with Crippen molar-refractivity contribution in [2.45, 2.75) is 26.3 Å². The van der Waals surface area contributed by atoms with E-state index in [2.05, 4.69) is 23.2 Å². The number of methoxy groups -OCH3 is 1. The molecule has 0 atom stereocenters. The summed E-state index contributed by atoms with van der Waals surface area (Å²) in [6, 6.07) is 8.09. The summed E-state index contributed by atoms with van der Waals surface area (Å²) >= 11 is 0. The Morgan fingerprint density at radius 2 is 2.16 bits per heavy atom. The van der Waals surface area contributed by atoms with E-state index in [1.165, 1.54) is 18.4 Å². The SMILES string of the molecule is CCNC(=NCc1cccc(OC)c1)N1CCCC1. The van der Waals surface area contributed by atoms with Crippen LogP contribution in [0.2, 0.25) is 0 Å². The third-order valence-electron chi connectivity index (χ3n) is 3.29. The Labute approximate surface area is 115 Å². The fourth-order valence-electron chi connectivity index (χ4n) is 2.29. The van der Waals surface area contributed by atoms with Crippen LogP contribution in [0.25, 0.3) is 0 Å². The van der Waals surface area contributed by atoms with Gasteiger partial charge in [-0.3, -0.25) is 0 Å². The molecule has 1 saturated heterocycles. The molecule has 4 nitrogen and oxygen atoms in total. The van der Waals surface area contributed by atoms with Crippen LogP contribution >= 0.6 is 0 Å². The van der Waals surface area contributed by atoms with Crippen molar-refractivity contribution < 1.29 is 4.74 Å². The van der Waals surface area contributed by atoms with E-state index in [4.69, 9.17) is 9.73 Å². The first-order chi connectivity index (χ1) is 9.33. The summed E-state index contributed by atoms with van der Waals surface area (Å²) in [6.45, 7) is 5.94. The summed E-state index contributed by atoms with van der Waals surface area (Å²) < 4.78 is 5.23. The molecule has 0 spiro atoms. The van der Waals surface area contributed by atoms with Crippen LogP contribution in [0.3, 0.4) is 0 Å². The molecule has 0 unspecified atom stereocenters. The van der Waals surface area contributed by atoms with Crippen LogP contribution < -0.4 is 10.1 Å². The van der Waals surface area contributed by atoms with Crippen LogP contribution in [0.4, 0.5) is 0 Å². The van der Waals surface area contributed by atoms with Crippen LogP contribution in [0.1, 0.15) is 25.3 Å². The van der Waals surface area contributed by atoms with E-state index >= 15 is 0 Å². The summed E-state index contributed by atoms with van der Waals surface area (Å²) in [5.41, 5.74) is 1.17. The number of aliphatic imine (C=N–C) groups is 1. The van der Waals surface area contributed by atoms with Crippen molar-refractivity contribution in [2.24, 2.45) is 4.99 Å². The molecule has 0 saturated carbocycles. The molecule has 0 radical (unpaired) electrons. The number of nitrogens with one attached hydrogen (secondary N) is 1. The Kier molecular flexibility index (Phi) is 5.07. The number of guanidine groups is 1. The van der Waals surface area contributed by atoms with Crippen molar-refractivity contribution >= 4 is 5.96 Å². The average Bonchev–Trinajstić information content (AvgIpc) is 2.97. The molecule has 1 aliphatic heterocycles. The van der Waals surface area contributed by atoms with Crippen molar-refractivity contribution in [1.29, 1.82) is 0 Å². The van der Waals surface area contributed by atoms with E-state index in [-0.39, 0.29) is 0 Å². The third-order valence-corrected chi connectivity index (χ3v) is 3.29. The van der Waals surface area contributed by atoms with Gasteiger partial charge in [0.2, 0.25) is 0 Å². The molecule has 1 aliphatic rings. The van der Waals surface area contributed by atoms with Crippen LogP contribution in [0, 0.1) is 0 Å². The monoisotopic (exact) mass is 261 g/mol. The number of ether oxygens (including phenoxy) is 1. The van der Waals surface area contributed by atoms with Crippen LogP contribution in [-0.4, -0.2) is 37.6 Å². The number of rotatable bonds is 4. The van der Waals surface area contributed by atoms with Gasteiger partial charge in [0.1, 0.15) is 5.75 Å². The van der Waals surface area contributed by atoms with E-state index in [1.54, 1.807) is 7.11 Å². The first-order valence-corrected chi connectivity index (χ1v) is 6.99. The average molecular weight is 261 g/mol. The van der Waals surface area contributed by atoms with E-state index in [0.29, 0.717) is 6.54 Å². The Hall–Kier alpha value is -1.71. The minimum atomic E-state index is 0.691. The van der Waals surface area contributed by atoms with Gasteiger partial charge in [-0.05, 0) is 37.5 Å². The van der Waals surface area contributed by atoms with Crippen LogP contribution in [0.15, 0.2) is 29.3 Å². The minimum Gasteiger partial charge on any atom is -0.497 e. The van der Waals surface area contributed by atoms with Gasteiger partial charge in [0.25, 0.3) is 0 Å². The fraction of sp³-hybridized carbons (Fsp3) is 0.533. The van der Waals surface area contributed by atoms with Crippen molar-refractivity contribution in [3.8, 4) is 5.75 Å². The van der Waals surface area contributed by atoms with Crippen molar-refractivity contribution in [3.05, 3.63) is 29.8 Å². The lowest BCUT2D eigenvalue weighted by molar-refractivity contribution is 0.414. The molecule has 1 heterocycles. The molecule has 0 bridgehead atoms. The van der Waals surface area contributed by atoms with Gasteiger partial charge < -0.3 is 15.0 Å². The molecular formula is C15H23N3O. The first-order valence-electron chi connectivity index (χ1n) is 6.99. The van der Waals surface area contributed by atoms with Gasteiger partial charge in [-0.15, -0.1) is 0 Å². The molecule has 1 aromatic rings. The summed E-state index contributed by atoms with van der Waals surface area (Å²) in [7, 11) is 1.69. The van der Waals surface area contributed by atoms with Gasteiger partial charge in [0.05, 0.1) is 13.7 Å². The van der Waals surface area contributed by atoms with E-state index in [9.17, 15) is 0 Å². The maximum absolute atomic E-state index is 5.23. The predicted octanol–water partition coefficient (Wildman–Crippen LogP) is 2.26. The molecule has 19 heavy (non-hydrogen) atoms. The molecule has 1 aromatic carbocycles. The highest BCUT2D eigenvalue weighted by Gasteiger charge is 2.15. The zero-order valence-electron chi connectivity index (χ0n) is 11.9. The van der Waals surface area contributed by atoms with Gasteiger partial charge in [0, 0.05) is 19.6 Å². The summed E-state index contributed by atoms with van der Waals surface area (Å²) in [4.78, 5) is 7.05. The second kappa shape index (κ2) is 7.02. The second-order valence-corrected chi connectivity index (χ2v) is 4.72. The van der Waals surface area contributed by atoms with Crippen LogP contribution in [0.5, 0.6) is 5.75 Å². The van der Waals surface area contributed by atoms with Gasteiger partial charge >= 0.3 is 0 Å². The maximum Gasteiger partial charge on any atom is 0.194 e. The molecule has 2 rings (SSSR count). The largest absolute Gasteiger partial charge is 0.497 e. The molecule has 0 amide bonds. The van der Waals surface area contributed by atoms with E-state index < -0.39 is 0 Å². The third kappa shape index (κ3) is 3.88. The van der Waals surface area contributed by atoms with Crippen LogP contribution in [-0.2, 0) is 6.54 Å². The first kappa shape index (κ1) is 13.7. The summed E-state index contributed by atoms with van der Waals surface area (Å²) in [5.74, 6) is 1.92. The highest BCUT2D eigenvalue weighted by Crippen LogP contribution is 2.14. The molecule has 104 valence electrons. The van der Waals surface area contributed by atoms with E-state index in [1.807, 2.05) is 18.2 Å². The van der Waals surface area contributed by atoms with Gasteiger partial charge in [-0.1, -0.05) is 12.1 Å². The molecule has 1 fully saturated rings. The van der Waals surface area contributed by atoms with E-state index in [0.717, 1.165) is 31.3 Å². The molecular weight excluding hydrogens is 238 g/mol. The number of hydrogen-bond acceptors (Lipinski definition) is 2. The van der Waals surface area contributed by atoms with Gasteiger partial charge in [-0.2, -0.15) is 0 Å². The standard InChI is InChI=1S/C15H23N3O/c1-3-16-15(18-9-4-5-10-18)17-12-13-7-6-8-14(11-13)19-2/h6-8,11H,3-5,9-10,12H2,1-2H3,(H,16,17). The topological polar surface area (TPSA) is 36.9 Å². The Balaban J connectivity index is 2.03. The summed E-state index contributed by atoms with van der Waals surface area (Å²) in [6.07, 6.45) is 2.53. The Bertz CT molecular complexity index is 425. The summed E-state index contributed by atoms with van der Waals surface area (Å²) in [5, 5.41) is 3.37. The van der Waals surface area contributed by atoms with Gasteiger partial charge in [-0.25, -0.2) is 4.99 Å². The zero-order chi connectivity index (χ0) is 13.5. The maximum atomic E-state index is 5.23. The Morgan fingerprint density at radius 1 is 1.37 bits per heavy atom. The lowest BCUT2D eigenvalue weighted by Crippen LogP contribution is -2.39. The lowest BCUT2D eigenvalue weighted by atomic mass is 10.2. The lowest BCUT2D eigenvalue weighted by Gasteiger charge is -2.20. The normalized spacial score (nSPS) is 15.7. The smallest absolute Gasteiger partial charge is 0.194 e. The highest BCUT2D eigenvalue weighted by molar-refractivity contribution is 5.80. The minimum absolute atomic E-state index is 0.691. The fourth-order valence-corrected chi connectivity index (χ4v) is 2.29. The zero-order valence-corrected chi connectivity index (χ0v) is 11.9. The van der Waals surface area contributed by atoms with Crippen molar-refractivity contribution in [2.75, 3.05) is 26.7 Å². The predicted molar refractivity (Wildman–Crippen MR) is 78.6 cm³/mol. The molecule has 0 aromatic heterocycles. The second-order valence-electron chi connectivity index (χ2n) is 4.72. The Morgan fingerprint density at radius 3 is 2.84 bits per heavy atom. The quantitative estimate of drug-likeness (QED) is 0.667.